The van der Waals surface area contributed by atoms with Gasteiger partial charge in [-0.05, 0) is 172 Å². The van der Waals surface area contributed by atoms with Crippen molar-refractivity contribution in [3.05, 3.63) is 29.8 Å². The summed E-state index contributed by atoms with van der Waals surface area (Å²) in [7, 11) is 1.99. The lowest BCUT2D eigenvalue weighted by molar-refractivity contribution is -0.180. The average Bonchev–Trinajstić information content (AvgIpc) is 3.60. The lowest BCUT2D eigenvalue weighted by atomic mass is 9.46. The molecular weight excluding hydrogens is 556 g/mol. The second-order valence-corrected chi connectivity index (χ2v) is 18.4. The van der Waals surface area contributed by atoms with E-state index >= 15 is 0 Å². The first-order valence-electron chi connectivity index (χ1n) is 19.1. The molecule has 5 saturated carbocycles. The second-order valence-electron chi connectivity index (χ2n) is 18.4. The van der Waals surface area contributed by atoms with Crippen LogP contribution < -0.4 is 5.32 Å². The predicted octanol–water partition coefficient (Wildman–Crippen LogP) is 6.75. The number of anilines is 1. The third-order valence-corrected chi connectivity index (χ3v) is 16.2. The minimum absolute atomic E-state index is 0.0202. The molecule has 8 rings (SSSR count). The molecule has 5 nitrogen and oxygen atoms in total. The number of nitrogens with one attached hydrogen (secondary N) is 1. The van der Waals surface area contributed by atoms with Crippen LogP contribution in [-0.4, -0.2) is 64.2 Å². The van der Waals surface area contributed by atoms with Crippen molar-refractivity contribution in [2.45, 2.75) is 128 Å². The van der Waals surface area contributed by atoms with E-state index in [1.54, 1.807) is 0 Å². The van der Waals surface area contributed by atoms with E-state index in [4.69, 9.17) is 0 Å². The highest BCUT2D eigenvalue weighted by Crippen LogP contribution is 2.70. The number of fused-ring (bicyclic) bond motifs is 8. The number of rotatable bonds is 4. The van der Waals surface area contributed by atoms with Crippen LogP contribution in [0, 0.1) is 64.1 Å². The SMILES string of the molecule is CNc1cccc(CC[C@@H]2CC[C@@]3(C2)C[C@]2(C)[C@@H]4C[C@H]5[C@H](CC[C@@H]6[C@H]5CN5C[C@H](C)CC[C@@H]5[C@@]6(C)O)[C@@H]4C[C@H](O)[C@@H]2C[C@H]3O)c1. The molecule has 0 amide bonds. The monoisotopic (exact) mass is 618 g/mol. The minimum atomic E-state index is -0.583. The van der Waals surface area contributed by atoms with Crippen LogP contribution in [0.5, 0.6) is 0 Å². The van der Waals surface area contributed by atoms with Crippen molar-refractivity contribution in [1.82, 2.24) is 4.90 Å². The van der Waals surface area contributed by atoms with E-state index in [1.165, 1.54) is 56.3 Å². The molecule has 5 heteroatoms. The Morgan fingerprint density at radius 3 is 2.56 bits per heavy atom. The topological polar surface area (TPSA) is 76.0 Å². The predicted molar refractivity (Wildman–Crippen MR) is 181 cm³/mol. The van der Waals surface area contributed by atoms with Gasteiger partial charge in [-0.25, -0.2) is 0 Å². The number of aliphatic hydroxyl groups excluding tert-OH is 2. The van der Waals surface area contributed by atoms with Crippen LogP contribution in [-0.2, 0) is 6.42 Å². The van der Waals surface area contributed by atoms with Crippen LogP contribution in [0.15, 0.2) is 24.3 Å². The smallest absolute Gasteiger partial charge is 0.0805 e. The number of hydrogen-bond acceptors (Lipinski definition) is 5. The van der Waals surface area contributed by atoms with Gasteiger partial charge in [-0.1, -0.05) is 26.0 Å². The Kier molecular flexibility index (Phi) is 7.76. The fourth-order valence-corrected chi connectivity index (χ4v) is 14.2. The maximum absolute atomic E-state index is 12.1. The third-order valence-electron chi connectivity index (χ3n) is 16.2. The van der Waals surface area contributed by atoms with E-state index in [0.29, 0.717) is 47.5 Å². The Bertz CT molecular complexity index is 1250. The molecule has 0 unspecified atom stereocenters. The van der Waals surface area contributed by atoms with Gasteiger partial charge in [0.1, 0.15) is 0 Å². The van der Waals surface area contributed by atoms with Crippen molar-refractivity contribution in [2.24, 2.45) is 64.1 Å². The number of benzene rings is 1. The van der Waals surface area contributed by atoms with E-state index in [2.05, 4.69) is 55.3 Å². The summed E-state index contributed by atoms with van der Waals surface area (Å²) in [5.74, 6) is 5.28. The van der Waals surface area contributed by atoms with Crippen LogP contribution >= 0.6 is 0 Å². The summed E-state index contributed by atoms with van der Waals surface area (Å²) in [6.07, 6.45) is 14.2. The summed E-state index contributed by atoms with van der Waals surface area (Å²) in [5, 5.41) is 39.1. The maximum atomic E-state index is 12.1. The number of nitrogens with zero attached hydrogens (tertiary/aromatic N) is 1. The first-order chi connectivity index (χ1) is 21.5. The molecular formula is C40H62N2O3. The highest BCUT2D eigenvalue weighted by Gasteiger charge is 2.67. The molecule has 45 heavy (non-hydrogen) atoms. The lowest BCUT2D eigenvalue weighted by Crippen LogP contribution is -2.67. The first kappa shape index (κ1) is 31.1. The Hall–Kier alpha value is -1.14. The quantitative estimate of drug-likeness (QED) is 0.301. The van der Waals surface area contributed by atoms with Crippen LogP contribution in [0.3, 0.4) is 0 Å². The molecule has 2 saturated heterocycles. The van der Waals surface area contributed by atoms with Gasteiger partial charge in [-0.2, -0.15) is 0 Å². The molecule has 15 atom stereocenters. The second kappa shape index (κ2) is 11.2. The van der Waals surface area contributed by atoms with Gasteiger partial charge in [0.25, 0.3) is 0 Å². The van der Waals surface area contributed by atoms with Gasteiger partial charge in [0.05, 0.1) is 17.8 Å². The van der Waals surface area contributed by atoms with Crippen molar-refractivity contribution in [3.63, 3.8) is 0 Å². The van der Waals surface area contributed by atoms with E-state index in [0.717, 1.165) is 57.4 Å². The molecule has 250 valence electrons. The molecule has 7 fully saturated rings. The Morgan fingerprint density at radius 1 is 0.889 bits per heavy atom. The van der Waals surface area contributed by atoms with Gasteiger partial charge >= 0.3 is 0 Å². The number of aryl methyl sites for hydroxylation is 1. The molecule has 1 aromatic carbocycles. The standard InChI is InChI=1S/C40H62N2O3/c1-24-8-13-36-39(3,45)32-12-11-28-29(31(32)22-42(36)21-24)17-33-30(28)18-35(43)34-19-37(44)40(23-38(33,34)2)15-14-26(20-40)10-9-25-6-5-7-27(16-25)41-4/h5-7,16,24,26,28-37,41,43-45H,8-15,17-23H2,1-4H3/t24-,26-,28+,29+,30+,31+,32-,33-,34+,35+,36-,37-,38-,39+,40-/m1/s1. The van der Waals surface area contributed by atoms with Crippen molar-refractivity contribution in [3.8, 4) is 0 Å². The van der Waals surface area contributed by atoms with E-state index in [1.807, 2.05) is 7.05 Å². The maximum Gasteiger partial charge on any atom is 0.0805 e. The Balaban J connectivity index is 1.02. The molecule has 7 aliphatic rings. The normalized spacial score (nSPS) is 52.4. The number of aliphatic hydroxyl groups is 3. The van der Waals surface area contributed by atoms with E-state index in [-0.39, 0.29) is 29.0 Å². The van der Waals surface area contributed by atoms with Crippen LogP contribution in [0.2, 0.25) is 0 Å². The van der Waals surface area contributed by atoms with Crippen molar-refractivity contribution < 1.29 is 15.3 Å². The van der Waals surface area contributed by atoms with E-state index < -0.39 is 5.60 Å². The summed E-state index contributed by atoms with van der Waals surface area (Å²) in [6, 6.07) is 9.18. The molecule has 2 heterocycles. The molecule has 1 spiro atoms. The third kappa shape index (κ3) is 4.90. The van der Waals surface area contributed by atoms with Gasteiger partial charge in [-0.3, -0.25) is 4.90 Å². The molecule has 0 aromatic heterocycles. The number of hydrogen-bond donors (Lipinski definition) is 4. The summed E-state index contributed by atoms with van der Waals surface area (Å²) in [6.45, 7) is 9.49. The average molecular weight is 619 g/mol. The van der Waals surface area contributed by atoms with Gasteiger partial charge in [-0.15, -0.1) is 0 Å². The largest absolute Gasteiger partial charge is 0.393 e. The first-order valence-corrected chi connectivity index (χ1v) is 19.1. The summed E-state index contributed by atoms with van der Waals surface area (Å²) < 4.78 is 0. The Labute approximate surface area is 272 Å². The van der Waals surface area contributed by atoms with E-state index in [9.17, 15) is 15.3 Å². The number of piperidine rings is 2. The van der Waals surface area contributed by atoms with Crippen LogP contribution in [0.25, 0.3) is 0 Å². The summed E-state index contributed by atoms with van der Waals surface area (Å²) in [4.78, 5) is 2.71. The molecule has 0 bridgehead atoms. The Morgan fingerprint density at radius 2 is 1.73 bits per heavy atom. The molecule has 2 aliphatic heterocycles. The lowest BCUT2D eigenvalue weighted by Gasteiger charge is -2.60. The van der Waals surface area contributed by atoms with Gasteiger partial charge in [0, 0.05) is 31.9 Å². The minimum Gasteiger partial charge on any atom is -0.393 e. The molecule has 1 aromatic rings. The van der Waals surface area contributed by atoms with Crippen LogP contribution in [0.4, 0.5) is 5.69 Å². The summed E-state index contributed by atoms with van der Waals surface area (Å²) >= 11 is 0. The summed E-state index contributed by atoms with van der Waals surface area (Å²) in [5.41, 5.74) is 2.14. The fraction of sp³-hybridized carbons (Fsp3) is 0.850. The van der Waals surface area contributed by atoms with Gasteiger partial charge in [0.2, 0.25) is 0 Å². The zero-order valence-corrected chi connectivity index (χ0v) is 28.6. The van der Waals surface area contributed by atoms with Gasteiger partial charge < -0.3 is 20.6 Å². The molecule has 0 radical (unpaired) electrons. The van der Waals surface area contributed by atoms with Crippen molar-refractivity contribution in [2.75, 3.05) is 25.5 Å². The highest BCUT2D eigenvalue weighted by molar-refractivity contribution is 5.45. The highest BCUT2D eigenvalue weighted by atomic mass is 16.3. The van der Waals surface area contributed by atoms with Crippen molar-refractivity contribution >= 4 is 5.69 Å². The zero-order chi connectivity index (χ0) is 31.3. The van der Waals surface area contributed by atoms with Crippen LogP contribution in [0.1, 0.15) is 103 Å². The van der Waals surface area contributed by atoms with Crippen molar-refractivity contribution in [1.29, 1.82) is 0 Å². The molecule has 4 N–H and O–H groups in total. The fourth-order valence-electron chi connectivity index (χ4n) is 14.2. The molecule has 5 aliphatic carbocycles. The van der Waals surface area contributed by atoms with Gasteiger partial charge in [0.15, 0.2) is 0 Å². The zero-order valence-electron chi connectivity index (χ0n) is 28.6.